The first-order valence-corrected chi connectivity index (χ1v) is 6.26. The lowest BCUT2D eigenvalue weighted by Crippen LogP contribution is -2.25. The van der Waals surface area contributed by atoms with Gasteiger partial charge in [-0.25, -0.2) is 4.79 Å². The maximum Gasteiger partial charge on any atom is 0.338 e. The first-order valence-electron chi connectivity index (χ1n) is 5.38. The number of likely N-dealkylation sites (tertiary alicyclic amines) is 1. The van der Waals surface area contributed by atoms with Gasteiger partial charge in [-0.15, -0.1) is 11.3 Å². The highest BCUT2D eigenvalue weighted by atomic mass is 32.1. The summed E-state index contributed by atoms with van der Waals surface area (Å²) in [5.41, 5.74) is 0.162. The monoisotopic (exact) mass is 254 g/mol. The maximum atomic E-state index is 11.9. The van der Waals surface area contributed by atoms with Crippen LogP contribution < -0.4 is 5.32 Å². The lowest BCUT2D eigenvalue weighted by Gasteiger charge is -2.10. The van der Waals surface area contributed by atoms with Crippen molar-refractivity contribution in [3.63, 3.8) is 0 Å². The molecule has 0 radical (unpaired) electrons. The Morgan fingerprint density at radius 3 is 2.94 bits per heavy atom. The molecule has 1 atom stereocenters. The predicted octanol–water partition coefficient (Wildman–Crippen LogP) is 1.34. The van der Waals surface area contributed by atoms with E-state index in [0.29, 0.717) is 5.00 Å². The Hall–Kier alpha value is -1.40. The van der Waals surface area contributed by atoms with Crippen LogP contribution in [0.15, 0.2) is 11.4 Å². The van der Waals surface area contributed by atoms with Crippen molar-refractivity contribution in [2.45, 2.75) is 6.42 Å². The molecule has 0 aliphatic carbocycles. The number of aromatic carboxylic acids is 1. The van der Waals surface area contributed by atoms with Crippen LogP contribution in [-0.4, -0.2) is 42.0 Å². The minimum absolute atomic E-state index is 0.0382. The van der Waals surface area contributed by atoms with Crippen molar-refractivity contribution in [2.24, 2.45) is 5.92 Å². The molecule has 0 saturated carbocycles. The molecule has 2 heterocycles. The van der Waals surface area contributed by atoms with E-state index in [9.17, 15) is 9.59 Å². The molecule has 1 saturated heterocycles. The molecule has 0 aromatic carbocycles. The Morgan fingerprint density at radius 2 is 2.35 bits per heavy atom. The highest BCUT2D eigenvalue weighted by molar-refractivity contribution is 7.14. The Morgan fingerprint density at radius 1 is 1.59 bits per heavy atom. The van der Waals surface area contributed by atoms with E-state index >= 15 is 0 Å². The Kier molecular flexibility index (Phi) is 3.44. The fourth-order valence-corrected chi connectivity index (χ4v) is 2.72. The lowest BCUT2D eigenvalue weighted by molar-refractivity contribution is -0.119. The van der Waals surface area contributed by atoms with E-state index in [2.05, 4.69) is 10.2 Å². The van der Waals surface area contributed by atoms with Crippen LogP contribution >= 0.6 is 11.3 Å². The summed E-state index contributed by atoms with van der Waals surface area (Å²) in [5.74, 6) is -1.13. The second-order valence-corrected chi connectivity index (χ2v) is 5.12. The third-order valence-electron chi connectivity index (χ3n) is 2.89. The van der Waals surface area contributed by atoms with Crippen molar-refractivity contribution >= 4 is 28.2 Å². The molecule has 17 heavy (non-hydrogen) atoms. The molecule has 6 heteroatoms. The summed E-state index contributed by atoms with van der Waals surface area (Å²) >= 11 is 1.24. The molecule has 1 aliphatic rings. The maximum absolute atomic E-state index is 11.9. The van der Waals surface area contributed by atoms with Crippen LogP contribution in [0, 0.1) is 5.92 Å². The second kappa shape index (κ2) is 4.85. The van der Waals surface area contributed by atoms with E-state index in [-0.39, 0.29) is 17.4 Å². The smallest absolute Gasteiger partial charge is 0.338 e. The standard InChI is InChI=1S/C11H14N2O3S/c1-13-4-2-7(6-13)9(14)12-10-8(11(15)16)3-5-17-10/h3,5,7H,2,4,6H2,1H3,(H,12,14)(H,15,16). The molecule has 1 unspecified atom stereocenters. The third-order valence-corrected chi connectivity index (χ3v) is 3.72. The number of carboxylic acid groups (broad SMARTS) is 1. The number of hydrogen-bond acceptors (Lipinski definition) is 4. The van der Waals surface area contributed by atoms with E-state index in [1.807, 2.05) is 7.05 Å². The van der Waals surface area contributed by atoms with Crippen LogP contribution in [0.25, 0.3) is 0 Å². The molecular weight excluding hydrogens is 240 g/mol. The number of nitrogens with zero attached hydrogens (tertiary/aromatic N) is 1. The molecule has 1 aliphatic heterocycles. The van der Waals surface area contributed by atoms with E-state index in [1.54, 1.807) is 5.38 Å². The van der Waals surface area contributed by atoms with Crippen LogP contribution in [0.5, 0.6) is 0 Å². The van der Waals surface area contributed by atoms with Crippen molar-refractivity contribution in [1.29, 1.82) is 0 Å². The van der Waals surface area contributed by atoms with E-state index < -0.39 is 5.97 Å². The van der Waals surface area contributed by atoms with Crippen molar-refractivity contribution in [1.82, 2.24) is 4.90 Å². The summed E-state index contributed by atoms with van der Waals surface area (Å²) in [4.78, 5) is 24.9. The summed E-state index contributed by atoms with van der Waals surface area (Å²) in [6.07, 6.45) is 0.829. The van der Waals surface area contributed by atoms with Gasteiger partial charge in [-0.2, -0.15) is 0 Å². The van der Waals surface area contributed by atoms with Gasteiger partial charge in [0.1, 0.15) is 5.00 Å². The predicted molar refractivity (Wildman–Crippen MR) is 65.5 cm³/mol. The zero-order chi connectivity index (χ0) is 12.4. The van der Waals surface area contributed by atoms with Gasteiger partial charge in [0.05, 0.1) is 11.5 Å². The van der Waals surface area contributed by atoms with Gasteiger partial charge in [0, 0.05) is 6.54 Å². The van der Waals surface area contributed by atoms with Crippen LogP contribution in [0.1, 0.15) is 16.8 Å². The number of carbonyl (C=O) groups excluding carboxylic acids is 1. The molecule has 2 N–H and O–H groups in total. The van der Waals surface area contributed by atoms with Crippen molar-refractivity contribution in [2.75, 3.05) is 25.5 Å². The number of anilines is 1. The minimum Gasteiger partial charge on any atom is -0.478 e. The summed E-state index contributed by atoms with van der Waals surface area (Å²) in [6.45, 7) is 1.65. The number of amides is 1. The highest BCUT2D eigenvalue weighted by Crippen LogP contribution is 2.25. The lowest BCUT2D eigenvalue weighted by atomic mass is 10.1. The van der Waals surface area contributed by atoms with Crippen LogP contribution in [0.4, 0.5) is 5.00 Å². The summed E-state index contributed by atoms with van der Waals surface area (Å²) in [5, 5.41) is 13.7. The van der Waals surface area contributed by atoms with E-state index in [1.165, 1.54) is 17.4 Å². The SMILES string of the molecule is CN1CCC(C(=O)Nc2sccc2C(=O)O)C1. The second-order valence-electron chi connectivity index (χ2n) is 4.21. The van der Waals surface area contributed by atoms with Gasteiger partial charge in [0.2, 0.25) is 5.91 Å². The largest absolute Gasteiger partial charge is 0.478 e. The van der Waals surface area contributed by atoms with Gasteiger partial charge in [-0.3, -0.25) is 4.79 Å². The molecule has 1 fully saturated rings. The number of rotatable bonds is 3. The zero-order valence-corrected chi connectivity index (χ0v) is 10.3. The van der Waals surface area contributed by atoms with Crippen molar-refractivity contribution in [3.05, 3.63) is 17.0 Å². The summed E-state index contributed by atoms with van der Waals surface area (Å²) in [6, 6.07) is 1.50. The molecular formula is C11H14N2O3S. The molecule has 0 spiro atoms. The van der Waals surface area contributed by atoms with Gasteiger partial charge in [0.15, 0.2) is 0 Å². The highest BCUT2D eigenvalue weighted by Gasteiger charge is 2.27. The molecule has 1 aromatic heterocycles. The fraction of sp³-hybridized carbons (Fsp3) is 0.455. The Labute approximate surface area is 103 Å². The van der Waals surface area contributed by atoms with Gasteiger partial charge in [-0.1, -0.05) is 0 Å². The third kappa shape index (κ3) is 2.65. The number of nitrogens with one attached hydrogen (secondary N) is 1. The van der Waals surface area contributed by atoms with Gasteiger partial charge < -0.3 is 15.3 Å². The first-order chi connectivity index (χ1) is 8.08. The van der Waals surface area contributed by atoms with E-state index in [4.69, 9.17) is 5.11 Å². The zero-order valence-electron chi connectivity index (χ0n) is 9.47. The number of hydrogen-bond donors (Lipinski definition) is 2. The van der Waals surface area contributed by atoms with Crippen molar-refractivity contribution < 1.29 is 14.7 Å². The topological polar surface area (TPSA) is 69.6 Å². The molecule has 2 rings (SSSR count). The number of thiophene rings is 1. The average molecular weight is 254 g/mol. The fourth-order valence-electron chi connectivity index (χ4n) is 1.94. The van der Waals surface area contributed by atoms with Crippen LogP contribution in [0.2, 0.25) is 0 Å². The van der Waals surface area contributed by atoms with Crippen LogP contribution in [0.3, 0.4) is 0 Å². The summed E-state index contributed by atoms with van der Waals surface area (Å²) < 4.78 is 0. The Bertz CT molecular complexity index is 444. The molecule has 92 valence electrons. The quantitative estimate of drug-likeness (QED) is 0.854. The van der Waals surface area contributed by atoms with Crippen molar-refractivity contribution in [3.8, 4) is 0 Å². The van der Waals surface area contributed by atoms with Crippen LogP contribution in [-0.2, 0) is 4.79 Å². The molecule has 5 nitrogen and oxygen atoms in total. The number of carboxylic acids is 1. The van der Waals surface area contributed by atoms with Gasteiger partial charge in [-0.05, 0) is 31.5 Å². The Balaban J connectivity index is 2.03. The molecule has 1 amide bonds. The van der Waals surface area contributed by atoms with E-state index in [0.717, 1.165) is 19.5 Å². The molecule has 0 bridgehead atoms. The minimum atomic E-state index is -1.01. The normalized spacial score (nSPS) is 20.4. The van der Waals surface area contributed by atoms with Gasteiger partial charge >= 0.3 is 5.97 Å². The summed E-state index contributed by atoms with van der Waals surface area (Å²) in [7, 11) is 1.97. The van der Waals surface area contributed by atoms with Gasteiger partial charge in [0.25, 0.3) is 0 Å². The first kappa shape index (κ1) is 12.1. The molecule has 1 aromatic rings. The average Bonchev–Trinajstić information content (AvgIpc) is 2.86. The number of carbonyl (C=O) groups is 2.